The summed E-state index contributed by atoms with van der Waals surface area (Å²) in [6, 6.07) is 12.9. The highest BCUT2D eigenvalue weighted by molar-refractivity contribution is 6.03. The predicted octanol–water partition coefficient (Wildman–Crippen LogP) is 2.95. The van der Waals surface area contributed by atoms with Gasteiger partial charge in [0.2, 0.25) is 11.8 Å². The summed E-state index contributed by atoms with van der Waals surface area (Å²) in [6.07, 6.45) is 3.42. The highest BCUT2D eigenvalue weighted by atomic mass is 16.2. The molecule has 4 rings (SSSR count). The Balaban J connectivity index is 1.57. The highest BCUT2D eigenvalue weighted by Crippen LogP contribution is 2.28. The molecule has 1 saturated heterocycles. The minimum atomic E-state index is -0.448. The van der Waals surface area contributed by atoms with Crippen molar-refractivity contribution < 1.29 is 9.59 Å². The van der Waals surface area contributed by atoms with Crippen LogP contribution < -0.4 is 10.2 Å². The van der Waals surface area contributed by atoms with Crippen LogP contribution >= 0.6 is 0 Å². The highest BCUT2D eigenvalue weighted by Gasteiger charge is 2.35. The SMILES string of the molecule is CC(C)(C)c1cc(NC(=O)C2CC(=O)N(c3ccccc3)C2)n(-c2ncccn2)n1. The molecule has 0 radical (unpaired) electrons. The number of nitrogens with one attached hydrogen (secondary N) is 1. The Labute approximate surface area is 175 Å². The minimum Gasteiger partial charge on any atom is -0.312 e. The summed E-state index contributed by atoms with van der Waals surface area (Å²) in [5.74, 6) is 0.130. The number of carbonyl (C=O) groups excluding carboxylic acids is 2. The number of anilines is 2. The van der Waals surface area contributed by atoms with Gasteiger partial charge in [0.25, 0.3) is 5.95 Å². The summed E-state index contributed by atoms with van der Waals surface area (Å²) in [5, 5.41) is 7.55. The van der Waals surface area contributed by atoms with Crippen LogP contribution in [0.3, 0.4) is 0 Å². The van der Waals surface area contributed by atoms with Crippen LogP contribution in [0.25, 0.3) is 5.95 Å². The number of carbonyl (C=O) groups is 2. The van der Waals surface area contributed by atoms with E-state index in [1.165, 1.54) is 4.68 Å². The lowest BCUT2D eigenvalue weighted by molar-refractivity contribution is -0.122. The molecule has 0 aliphatic carbocycles. The Morgan fingerprint density at radius 1 is 1.10 bits per heavy atom. The van der Waals surface area contributed by atoms with Gasteiger partial charge in [0, 0.05) is 42.5 Å². The Kier molecular flexibility index (Phi) is 5.07. The van der Waals surface area contributed by atoms with Crippen LogP contribution in [0.4, 0.5) is 11.5 Å². The molecule has 1 N–H and O–H groups in total. The third kappa shape index (κ3) is 3.94. The maximum absolute atomic E-state index is 13.0. The second kappa shape index (κ2) is 7.70. The fraction of sp³-hybridized carbons (Fsp3) is 0.318. The van der Waals surface area contributed by atoms with E-state index >= 15 is 0 Å². The number of para-hydroxylation sites is 1. The van der Waals surface area contributed by atoms with Crippen LogP contribution in [0, 0.1) is 5.92 Å². The van der Waals surface area contributed by atoms with Crippen molar-refractivity contribution in [1.82, 2.24) is 19.7 Å². The van der Waals surface area contributed by atoms with E-state index in [0.717, 1.165) is 11.4 Å². The van der Waals surface area contributed by atoms with Gasteiger partial charge in [0.15, 0.2) is 0 Å². The maximum Gasteiger partial charge on any atom is 0.252 e. The molecule has 30 heavy (non-hydrogen) atoms. The summed E-state index contributed by atoms with van der Waals surface area (Å²) in [5.41, 5.74) is 1.39. The Morgan fingerprint density at radius 2 is 1.80 bits per heavy atom. The Hall–Kier alpha value is -3.55. The zero-order valence-corrected chi connectivity index (χ0v) is 17.2. The van der Waals surface area contributed by atoms with Crippen LogP contribution in [-0.4, -0.2) is 38.1 Å². The zero-order valence-electron chi connectivity index (χ0n) is 17.2. The van der Waals surface area contributed by atoms with E-state index in [2.05, 4.69) is 20.4 Å². The van der Waals surface area contributed by atoms with Crippen LogP contribution in [0.1, 0.15) is 32.9 Å². The van der Waals surface area contributed by atoms with Gasteiger partial charge in [0.1, 0.15) is 5.82 Å². The first-order valence-corrected chi connectivity index (χ1v) is 9.87. The van der Waals surface area contributed by atoms with Gasteiger partial charge in [-0.25, -0.2) is 9.97 Å². The van der Waals surface area contributed by atoms with E-state index in [9.17, 15) is 9.59 Å². The van der Waals surface area contributed by atoms with Crippen molar-refractivity contribution in [3.8, 4) is 5.95 Å². The molecule has 2 amide bonds. The monoisotopic (exact) mass is 404 g/mol. The average molecular weight is 404 g/mol. The second-order valence-electron chi connectivity index (χ2n) is 8.36. The van der Waals surface area contributed by atoms with E-state index in [1.807, 2.05) is 57.2 Å². The van der Waals surface area contributed by atoms with Crippen molar-refractivity contribution >= 4 is 23.3 Å². The molecular weight excluding hydrogens is 380 g/mol. The molecule has 2 aromatic heterocycles. The summed E-state index contributed by atoms with van der Waals surface area (Å²) >= 11 is 0. The topological polar surface area (TPSA) is 93.0 Å². The van der Waals surface area contributed by atoms with Gasteiger partial charge in [-0.3, -0.25) is 9.59 Å². The van der Waals surface area contributed by atoms with Gasteiger partial charge in [-0.15, -0.1) is 0 Å². The van der Waals surface area contributed by atoms with Crippen molar-refractivity contribution in [2.24, 2.45) is 5.92 Å². The molecule has 8 nitrogen and oxygen atoms in total. The summed E-state index contributed by atoms with van der Waals surface area (Å²) in [6.45, 7) is 6.48. The van der Waals surface area contributed by atoms with E-state index in [-0.39, 0.29) is 23.7 Å². The first-order chi connectivity index (χ1) is 14.3. The molecule has 3 heterocycles. The summed E-state index contributed by atoms with van der Waals surface area (Å²) in [7, 11) is 0. The standard InChI is InChI=1S/C22H24N6O2/c1-22(2,3)17-13-18(28(26-17)21-23-10-7-11-24-21)25-20(30)15-12-19(29)27(14-15)16-8-5-4-6-9-16/h4-11,13,15H,12,14H2,1-3H3,(H,25,30). The quantitative estimate of drug-likeness (QED) is 0.722. The molecule has 0 spiro atoms. The van der Waals surface area contributed by atoms with E-state index < -0.39 is 5.92 Å². The van der Waals surface area contributed by atoms with Gasteiger partial charge in [-0.1, -0.05) is 39.0 Å². The largest absolute Gasteiger partial charge is 0.312 e. The van der Waals surface area contributed by atoms with Crippen LogP contribution in [-0.2, 0) is 15.0 Å². The smallest absolute Gasteiger partial charge is 0.252 e. The lowest BCUT2D eigenvalue weighted by Gasteiger charge is -2.16. The van der Waals surface area contributed by atoms with Gasteiger partial charge < -0.3 is 10.2 Å². The average Bonchev–Trinajstić information content (AvgIpc) is 3.33. The number of hydrogen-bond acceptors (Lipinski definition) is 5. The zero-order chi connectivity index (χ0) is 21.3. The lowest BCUT2D eigenvalue weighted by atomic mass is 9.92. The molecule has 1 aliphatic heterocycles. The molecule has 1 aromatic carbocycles. The van der Waals surface area contributed by atoms with Gasteiger partial charge in [0.05, 0.1) is 11.6 Å². The van der Waals surface area contributed by atoms with Crippen LogP contribution in [0.15, 0.2) is 54.9 Å². The summed E-state index contributed by atoms with van der Waals surface area (Å²) in [4.78, 5) is 35.6. The Bertz CT molecular complexity index is 1060. The number of amides is 2. The van der Waals surface area contributed by atoms with E-state index in [0.29, 0.717) is 18.3 Å². The third-order valence-electron chi connectivity index (χ3n) is 5.03. The number of nitrogens with zero attached hydrogens (tertiary/aromatic N) is 5. The molecule has 0 bridgehead atoms. The first kappa shape index (κ1) is 19.8. The number of rotatable bonds is 4. The molecule has 1 fully saturated rings. The van der Waals surface area contributed by atoms with Gasteiger partial charge >= 0.3 is 0 Å². The van der Waals surface area contributed by atoms with Crippen molar-refractivity contribution in [3.05, 3.63) is 60.6 Å². The number of aromatic nitrogens is 4. The van der Waals surface area contributed by atoms with Crippen molar-refractivity contribution in [2.45, 2.75) is 32.6 Å². The van der Waals surface area contributed by atoms with Gasteiger partial charge in [-0.05, 0) is 18.2 Å². The van der Waals surface area contributed by atoms with Crippen molar-refractivity contribution in [2.75, 3.05) is 16.8 Å². The van der Waals surface area contributed by atoms with Gasteiger partial charge in [-0.2, -0.15) is 9.78 Å². The molecule has 1 aliphatic rings. The van der Waals surface area contributed by atoms with E-state index in [4.69, 9.17) is 0 Å². The molecule has 1 atom stereocenters. The molecule has 3 aromatic rings. The summed E-state index contributed by atoms with van der Waals surface area (Å²) < 4.78 is 1.53. The molecule has 8 heteroatoms. The molecular formula is C22H24N6O2. The van der Waals surface area contributed by atoms with E-state index in [1.54, 1.807) is 23.4 Å². The maximum atomic E-state index is 13.0. The minimum absolute atomic E-state index is 0.0587. The van der Waals surface area contributed by atoms with Crippen molar-refractivity contribution in [1.29, 1.82) is 0 Å². The predicted molar refractivity (Wildman–Crippen MR) is 113 cm³/mol. The van der Waals surface area contributed by atoms with Crippen molar-refractivity contribution in [3.63, 3.8) is 0 Å². The fourth-order valence-electron chi connectivity index (χ4n) is 3.36. The fourth-order valence-corrected chi connectivity index (χ4v) is 3.36. The third-order valence-corrected chi connectivity index (χ3v) is 5.03. The molecule has 1 unspecified atom stereocenters. The molecule has 154 valence electrons. The normalized spacial score (nSPS) is 16.7. The van der Waals surface area contributed by atoms with Crippen LogP contribution in [0.5, 0.6) is 0 Å². The lowest BCUT2D eigenvalue weighted by Crippen LogP contribution is -2.28. The Morgan fingerprint density at radius 3 is 2.47 bits per heavy atom. The van der Waals surface area contributed by atoms with Crippen LogP contribution in [0.2, 0.25) is 0 Å². The first-order valence-electron chi connectivity index (χ1n) is 9.87. The number of benzene rings is 1. The number of hydrogen-bond donors (Lipinski definition) is 1. The second-order valence-corrected chi connectivity index (χ2v) is 8.36. The molecule has 0 saturated carbocycles.